The second kappa shape index (κ2) is 7.29. The summed E-state index contributed by atoms with van der Waals surface area (Å²) in [5.74, 6) is -2.63. The molecule has 2 aromatic carbocycles. The van der Waals surface area contributed by atoms with Crippen LogP contribution in [0, 0.1) is 0 Å². The Morgan fingerprint density at radius 3 is 1.60 bits per heavy atom. The van der Waals surface area contributed by atoms with Gasteiger partial charge in [-0.2, -0.15) is 0 Å². The number of rotatable bonds is 5. The number of halogens is 2. The summed E-state index contributed by atoms with van der Waals surface area (Å²) in [5, 5.41) is 0. The van der Waals surface area contributed by atoms with E-state index in [-0.39, 0.29) is 34.4 Å². The zero-order chi connectivity index (χ0) is 21.6. The summed E-state index contributed by atoms with van der Waals surface area (Å²) >= 11 is 0. The minimum absolute atomic E-state index is 0.0690. The minimum Gasteiger partial charge on any atom is -0.270 e. The highest BCUT2D eigenvalue weighted by molar-refractivity contribution is 6.22. The summed E-state index contributed by atoms with van der Waals surface area (Å²) in [5.41, 5.74) is 0.896. The lowest BCUT2D eigenvalue weighted by atomic mass is 10.1. The molecule has 30 heavy (non-hydrogen) atoms. The van der Waals surface area contributed by atoms with E-state index in [1.165, 1.54) is 31.2 Å². The van der Waals surface area contributed by atoms with Crippen LogP contribution >= 0.6 is 0 Å². The average molecular weight is 410 g/mol. The fourth-order valence-corrected chi connectivity index (χ4v) is 3.71. The van der Waals surface area contributed by atoms with Crippen LogP contribution in [-0.2, 0) is 0 Å². The van der Waals surface area contributed by atoms with Crippen LogP contribution < -0.4 is 0 Å². The Morgan fingerprint density at radius 1 is 0.800 bits per heavy atom. The molecule has 2 heterocycles. The molecule has 1 unspecified atom stereocenters. The summed E-state index contributed by atoms with van der Waals surface area (Å²) in [7, 11) is 0. The summed E-state index contributed by atoms with van der Waals surface area (Å²) in [6.45, 7) is 1.25. The average Bonchev–Trinajstić information content (AvgIpc) is 3.12. The number of carbonyl (C=O) groups is 4. The number of nitrogens with zero attached hydrogens (tertiary/aromatic N) is 2. The van der Waals surface area contributed by atoms with Gasteiger partial charge in [0.15, 0.2) is 0 Å². The Kier molecular flexibility index (Phi) is 4.77. The number of amides is 4. The van der Waals surface area contributed by atoms with Crippen molar-refractivity contribution < 1.29 is 28.0 Å². The van der Waals surface area contributed by atoms with Crippen molar-refractivity contribution >= 4 is 23.6 Å². The van der Waals surface area contributed by atoms with E-state index < -0.39 is 36.1 Å². The number of carbonyl (C=O) groups excluding carboxylic acids is 4. The van der Waals surface area contributed by atoms with Crippen molar-refractivity contribution in [2.24, 2.45) is 0 Å². The van der Waals surface area contributed by atoms with Crippen molar-refractivity contribution in [1.29, 1.82) is 0 Å². The Hall–Kier alpha value is -3.68. The third-order valence-electron chi connectivity index (χ3n) is 5.12. The predicted octanol–water partition coefficient (Wildman–Crippen LogP) is 3.16. The van der Waals surface area contributed by atoms with Gasteiger partial charge in [0.1, 0.15) is 6.04 Å². The van der Waals surface area contributed by atoms with E-state index in [2.05, 4.69) is 0 Å². The zero-order valence-electron chi connectivity index (χ0n) is 15.8. The topological polar surface area (TPSA) is 74.8 Å². The molecule has 0 saturated carbocycles. The molecule has 0 spiro atoms. The molecule has 6 nitrogen and oxygen atoms in total. The summed E-state index contributed by atoms with van der Waals surface area (Å²) in [6, 6.07) is 10.4. The van der Waals surface area contributed by atoms with Gasteiger partial charge in [-0.15, -0.1) is 0 Å². The first-order valence-electron chi connectivity index (χ1n) is 9.19. The number of alkyl halides is 2. The first-order valence-corrected chi connectivity index (χ1v) is 9.19. The monoisotopic (exact) mass is 410 g/mol. The van der Waals surface area contributed by atoms with E-state index in [1.807, 2.05) is 0 Å². The van der Waals surface area contributed by atoms with Crippen molar-refractivity contribution in [1.82, 2.24) is 9.80 Å². The fourth-order valence-electron chi connectivity index (χ4n) is 3.71. The smallest absolute Gasteiger partial charge is 0.262 e. The van der Waals surface area contributed by atoms with E-state index in [9.17, 15) is 28.0 Å². The lowest BCUT2D eigenvalue weighted by molar-refractivity contribution is 0.0343. The van der Waals surface area contributed by atoms with E-state index in [0.29, 0.717) is 4.90 Å². The van der Waals surface area contributed by atoms with Gasteiger partial charge in [0, 0.05) is 0 Å². The van der Waals surface area contributed by atoms with E-state index in [4.69, 9.17) is 0 Å². The third-order valence-corrected chi connectivity index (χ3v) is 5.12. The van der Waals surface area contributed by atoms with Gasteiger partial charge in [0.25, 0.3) is 30.1 Å². The van der Waals surface area contributed by atoms with Crippen molar-refractivity contribution in [2.45, 2.75) is 19.4 Å². The summed E-state index contributed by atoms with van der Waals surface area (Å²) in [4.78, 5) is 51.6. The molecule has 0 aliphatic carbocycles. The van der Waals surface area contributed by atoms with Gasteiger partial charge in [-0.05, 0) is 31.2 Å². The van der Waals surface area contributed by atoms with Gasteiger partial charge in [-0.3, -0.25) is 29.0 Å². The number of hydrogen-bond donors (Lipinski definition) is 0. The molecule has 2 aliphatic rings. The molecule has 0 aromatic heterocycles. The largest absolute Gasteiger partial charge is 0.270 e. The quantitative estimate of drug-likeness (QED) is 0.561. The van der Waals surface area contributed by atoms with E-state index in [1.54, 1.807) is 24.3 Å². The molecule has 4 rings (SSSR count). The van der Waals surface area contributed by atoms with Crippen LogP contribution in [-0.4, -0.2) is 52.4 Å². The van der Waals surface area contributed by atoms with Crippen molar-refractivity contribution in [2.75, 3.05) is 6.54 Å². The molecule has 0 radical (unpaired) electrons. The SMILES string of the molecule is C/C(=C\C(C(F)F)N1C(=O)c2ccccc2C1=O)CN1C(=O)c2ccccc2C1=O. The lowest BCUT2D eigenvalue weighted by Crippen LogP contribution is -2.43. The molecule has 0 saturated heterocycles. The third kappa shape index (κ3) is 3.01. The Labute approximate surface area is 170 Å². The second-order valence-electron chi connectivity index (χ2n) is 7.11. The molecular weight excluding hydrogens is 394 g/mol. The number of benzene rings is 2. The van der Waals surface area contributed by atoms with E-state index >= 15 is 0 Å². The number of imide groups is 2. The Morgan fingerprint density at radius 2 is 1.20 bits per heavy atom. The van der Waals surface area contributed by atoms with Gasteiger partial charge >= 0.3 is 0 Å². The maximum absolute atomic E-state index is 13.8. The highest BCUT2D eigenvalue weighted by Crippen LogP contribution is 2.28. The molecule has 152 valence electrons. The van der Waals surface area contributed by atoms with Crippen LogP contribution in [0.2, 0.25) is 0 Å². The molecule has 1 atom stereocenters. The van der Waals surface area contributed by atoms with Gasteiger partial charge in [-0.1, -0.05) is 35.9 Å². The zero-order valence-corrected chi connectivity index (χ0v) is 15.8. The van der Waals surface area contributed by atoms with Crippen LogP contribution in [0.3, 0.4) is 0 Å². The fraction of sp³-hybridized carbons (Fsp3) is 0.182. The predicted molar refractivity (Wildman–Crippen MR) is 102 cm³/mol. The van der Waals surface area contributed by atoms with E-state index in [0.717, 1.165) is 11.0 Å². The second-order valence-corrected chi connectivity index (χ2v) is 7.11. The van der Waals surface area contributed by atoms with Crippen LogP contribution in [0.4, 0.5) is 8.78 Å². The van der Waals surface area contributed by atoms with Crippen molar-refractivity contribution in [3.05, 3.63) is 82.4 Å². The van der Waals surface area contributed by atoms with Gasteiger partial charge in [0.2, 0.25) is 0 Å². The van der Waals surface area contributed by atoms with Gasteiger partial charge in [0.05, 0.1) is 28.8 Å². The number of fused-ring (bicyclic) bond motifs is 2. The maximum Gasteiger partial charge on any atom is 0.262 e. The molecule has 0 fully saturated rings. The molecule has 0 bridgehead atoms. The first kappa shape index (κ1) is 19.6. The molecule has 8 heteroatoms. The molecular formula is C22H16F2N2O4. The molecule has 2 aliphatic heterocycles. The minimum atomic E-state index is -3.04. The van der Waals surface area contributed by atoms with Gasteiger partial charge in [-0.25, -0.2) is 8.78 Å². The number of hydrogen-bond acceptors (Lipinski definition) is 4. The Balaban J connectivity index is 1.60. The lowest BCUT2D eigenvalue weighted by Gasteiger charge is -2.24. The standard InChI is InChI=1S/C22H16F2N2O4/c1-12(11-25-19(27)13-6-2-3-7-14(13)20(25)28)10-17(18(23)24)26-21(29)15-8-4-5-9-16(15)22(26)30/h2-10,17-18H,11H2,1H3/b12-10+. The first-order chi connectivity index (χ1) is 14.3. The normalized spacial score (nSPS) is 17.1. The molecule has 4 amide bonds. The van der Waals surface area contributed by atoms with Gasteiger partial charge < -0.3 is 0 Å². The van der Waals surface area contributed by atoms with Crippen LogP contribution in [0.15, 0.2) is 60.2 Å². The maximum atomic E-state index is 13.8. The Bertz CT molecular complexity index is 1060. The molecule has 0 N–H and O–H groups in total. The highest BCUT2D eigenvalue weighted by atomic mass is 19.3. The summed E-state index contributed by atoms with van der Waals surface area (Å²) < 4.78 is 27.7. The molecule has 2 aromatic rings. The summed E-state index contributed by atoms with van der Waals surface area (Å²) in [6.07, 6.45) is -1.97. The van der Waals surface area contributed by atoms with Crippen LogP contribution in [0.25, 0.3) is 0 Å². The van der Waals surface area contributed by atoms with Crippen molar-refractivity contribution in [3.63, 3.8) is 0 Å². The highest BCUT2D eigenvalue weighted by Gasteiger charge is 2.42. The van der Waals surface area contributed by atoms with Crippen molar-refractivity contribution in [3.8, 4) is 0 Å². The van der Waals surface area contributed by atoms with Crippen LogP contribution in [0.1, 0.15) is 48.4 Å². The van der Waals surface area contributed by atoms with Crippen LogP contribution in [0.5, 0.6) is 0 Å².